The highest BCUT2D eigenvalue weighted by molar-refractivity contribution is 9.10. The van der Waals surface area contributed by atoms with E-state index in [1.807, 2.05) is 18.2 Å². The predicted molar refractivity (Wildman–Crippen MR) is 68.0 cm³/mol. The second kappa shape index (κ2) is 5.87. The second-order valence-corrected chi connectivity index (χ2v) is 4.87. The van der Waals surface area contributed by atoms with Crippen LogP contribution in [-0.4, -0.2) is 26.0 Å². The molecule has 1 saturated heterocycles. The fourth-order valence-electron chi connectivity index (χ4n) is 1.50. The van der Waals surface area contributed by atoms with Crippen molar-refractivity contribution in [3.05, 3.63) is 27.7 Å². The number of rotatable bonds is 3. The maximum absolute atomic E-state index is 6.00. The Morgan fingerprint density at radius 2 is 2.38 bits per heavy atom. The van der Waals surface area contributed by atoms with Gasteiger partial charge in [0.25, 0.3) is 0 Å². The van der Waals surface area contributed by atoms with E-state index in [9.17, 15) is 0 Å². The number of hydrogen-bond acceptors (Lipinski definition) is 3. The Labute approximate surface area is 108 Å². The molecule has 0 bridgehead atoms. The van der Waals surface area contributed by atoms with Crippen molar-refractivity contribution < 1.29 is 9.47 Å². The van der Waals surface area contributed by atoms with E-state index in [0.29, 0.717) is 11.8 Å². The molecule has 1 heterocycles. The number of hydrogen-bond donors (Lipinski definition) is 1. The van der Waals surface area contributed by atoms with Gasteiger partial charge in [-0.25, -0.2) is 0 Å². The lowest BCUT2D eigenvalue weighted by atomic mass is 10.2. The van der Waals surface area contributed by atoms with Crippen LogP contribution in [0.2, 0.25) is 5.02 Å². The SMILES string of the molecule is Clc1cc(NCC2CCOCO2)ccc1Br. The summed E-state index contributed by atoms with van der Waals surface area (Å²) in [6.45, 7) is 1.95. The van der Waals surface area contributed by atoms with Crippen molar-refractivity contribution in [1.82, 2.24) is 0 Å². The molecule has 1 N–H and O–H groups in total. The smallest absolute Gasteiger partial charge is 0.147 e. The maximum atomic E-state index is 6.00. The Morgan fingerprint density at radius 3 is 3.06 bits per heavy atom. The highest BCUT2D eigenvalue weighted by Crippen LogP contribution is 2.25. The topological polar surface area (TPSA) is 30.5 Å². The summed E-state index contributed by atoms with van der Waals surface area (Å²) in [6, 6.07) is 5.80. The van der Waals surface area contributed by atoms with Crippen LogP contribution in [0.1, 0.15) is 6.42 Å². The van der Waals surface area contributed by atoms with Crippen LogP contribution in [0.15, 0.2) is 22.7 Å². The number of halogens is 2. The van der Waals surface area contributed by atoms with Crippen molar-refractivity contribution in [2.45, 2.75) is 12.5 Å². The molecule has 1 atom stereocenters. The van der Waals surface area contributed by atoms with Crippen molar-refractivity contribution in [2.75, 3.05) is 25.3 Å². The van der Waals surface area contributed by atoms with Crippen LogP contribution in [0.5, 0.6) is 0 Å². The molecule has 16 heavy (non-hydrogen) atoms. The quantitative estimate of drug-likeness (QED) is 0.929. The molecule has 0 radical (unpaired) electrons. The van der Waals surface area contributed by atoms with E-state index < -0.39 is 0 Å². The first-order valence-electron chi connectivity index (χ1n) is 5.14. The van der Waals surface area contributed by atoms with Gasteiger partial charge in [0.05, 0.1) is 17.7 Å². The van der Waals surface area contributed by atoms with Crippen LogP contribution < -0.4 is 5.32 Å². The standard InChI is InChI=1S/C11H13BrClNO2/c12-10-2-1-8(5-11(10)13)14-6-9-3-4-15-7-16-9/h1-2,5,9,14H,3-4,6-7H2. The summed E-state index contributed by atoms with van der Waals surface area (Å²) >= 11 is 9.35. The van der Waals surface area contributed by atoms with E-state index in [2.05, 4.69) is 21.2 Å². The lowest BCUT2D eigenvalue weighted by molar-refractivity contribution is -0.133. The normalized spacial score (nSPS) is 20.8. The molecular weight excluding hydrogens is 293 g/mol. The molecule has 0 amide bonds. The number of benzene rings is 1. The Morgan fingerprint density at radius 1 is 1.50 bits per heavy atom. The molecule has 3 nitrogen and oxygen atoms in total. The molecule has 1 aromatic carbocycles. The number of anilines is 1. The van der Waals surface area contributed by atoms with Gasteiger partial charge in [-0.3, -0.25) is 0 Å². The molecule has 1 aliphatic rings. The first-order valence-corrected chi connectivity index (χ1v) is 6.31. The van der Waals surface area contributed by atoms with Gasteiger partial charge >= 0.3 is 0 Å². The third-order valence-corrected chi connectivity index (χ3v) is 3.66. The summed E-state index contributed by atoms with van der Waals surface area (Å²) in [5.74, 6) is 0. The van der Waals surface area contributed by atoms with E-state index in [4.69, 9.17) is 21.1 Å². The predicted octanol–water partition coefficient (Wildman–Crippen LogP) is 3.28. The van der Waals surface area contributed by atoms with E-state index in [0.717, 1.165) is 29.7 Å². The summed E-state index contributed by atoms with van der Waals surface area (Å²) in [4.78, 5) is 0. The Balaban J connectivity index is 1.86. The molecular formula is C11H13BrClNO2. The number of nitrogens with one attached hydrogen (secondary N) is 1. The zero-order chi connectivity index (χ0) is 11.4. The van der Waals surface area contributed by atoms with E-state index in [-0.39, 0.29) is 6.10 Å². The monoisotopic (exact) mass is 305 g/mol. The van der Waals surface area contributed by atoms with Crippen molar-refractivity contribution in [2.24, 2.45) is 0 Å². The van der Waals surface area contributed by atoms with Gasteiger partial charge < -0.3 is 14.8 Å². The molecule has 2 rings (SSSR count). The van der Waals surface area contributed by atoms with Crippen LogP contribution >= 0.6 is 27.5 Å². The minimum absolute atomic E-state index is 0.219. The Hall–Kier alpha value is -0.290. The van der Waals surface area contributed by atoms with Crippen LogP contribution in [0.4, 0.5) is 5.69 Å². The lowest BCUT2D eigenvalue weighted by Gasteiger charge is -2.23. The third-order valence-electron chi connectivity index (χ3n) is 2.42. The molecule has 0 spiro atoms. The highest BCUT2D eigenvalue weighted by Gasteiger charge is 2.13. The average Bonchev–Trinajstić information content (AvgIpc) is 2.32. The fraction of sp³-hybridized carbons (Fsp3) is 0.455. The largest absolute Gasteiger partial charge is 0.382 e. The van der Waals surface area contributed by atoms with Gasteiger partial charge in [0.15, 0.2) is 0 Å². The Kier molecular flexibility index (Phi) is 4.46. The lowest BCUT2D eigenvalue weighted by Crippen LogP contribution is -2.30. The van der Waals surface area contributed by atoms with Crippen molar-refractivity contribution >= 4 is 33.2 Å². The van der Waals surface area contributed by atoms with Crippen LogP contribution in [0, 0.1) is 0 Å². The van der Waals surface area contributed by atoms with E-state index >= 15 is 0 Å². The molecule has 0 aromatic heterocycles. The van der Waals surface area contributed by atoms with Crippen LogP contribution in [0.25, 0.3) is 0 Å². The Bertz CT molecular complexity index is 356. The molecule has 0 saturated carbocycles. The van der Waals surface area contributed by atoms with Gasteiger partial charge in [-0.05, 0) is 40.5 Å². The van der Waals surface area contributed by atoms with Crippen molar-refractivity contribution in [3.63, 3.8) is 0 Å². The van der Waals surface area contributed by atoms with Crippen LogP contribution in [-0.2, 0) is 9.47 Å². The van der Waals surface area contributed by atoms with Gasteiger partial charge in [-0.1, -0.05) is 11.6 Å². The minimum Gasteiger partial charge on any atom is -0.382 e. The van der Waals surface area contributed by atoms with Gasteiger partial charge in [-0.15, -0.1) is 0 Å². The van der Waals surface area contributed by atoms with Crippen molar-refractivity contribution in [1.29, 1.82) is 0 Å². The highest BCUT2D eigenvalue weighted by atomic mass is 79.9. The molecule has 0 aliphatic carbocycles. The first-order chi connectivity index (χ1) is 7.75. The molecule has 1 fully saturated rings. The maximum Gasteiger partial charge on any atom is 0.147 e. The summed E-state index contributed by atoms with van der Waals surface area (Å²) in [5, 5.41) is 4.00. The summed E-state index contributed by atoms with van der Waals surface area (Å²) in [5.41, 5.74) is 1.00. The molecule has 1 aromatic rings. The molecule has 1 aliphatic heterocycles. The molecule has 1 unspecified atom stereocenters. The zero-order valence-corrected chi connectivity index (χ0v) is 11.1. The first kappa shape index (κ1) is 12.2. The summed E-state index contributed by atoms with van der Waals surface area (Å²) in [6.07, 6.45) is 1.15. The summed E-state index contributed by atoms with van der Waals surface area (Å²) < 4.78 is 11.4. The summed E-state index contributed by atoms with van der Waals surface area (Å²) in [7, 11) is 0. The van der Waals surface area contributed by atoms with Crippen molar-refractivity contribution in [3.8, 4) is 0 Å². The van der Waals surface area contributed by atoms with Gasteiger partial charge in [0.2, 0.25) is 0 Å². The minimum atomic E-state index is 0.219. The van der Waals surface area contributed by atoms with E-state index in [1.54, 1.807) is 0 Å². The second-order valence-electron chi connectivity index (χ2n) is 3.61. The van der Waals surface area contributed by atoms with Crippen LogP contribution in [0.3, 0.4) is 0 Å². The fourth-order valence-corrected chi connectivity index (χ4v) is 1.93. The van der Waals surface area contributed by atoms with Gasteiger partial charge in [0.1, 0.15) is 6.79 Å². The average molecular weight is 307 g/mol. The number of ether oxygens (including phenoxy) is 2. The van der Waals surface area contributed by atoms with Gasteiger partial charge in [-0.2, -0.15) is 0 Å². The van der Waals surface area contributed by atoms with E-state index in [1.165, 1.54) is 0 Å². The zero-order valence-electron chi connectivity index (χ0n) is 8.71. The molecule has 88 valence electrons. The molecule has 5 heteroatoms. The third kappa shape index (κ3) is 3.35. The van der Waals surface area contributed by atoms with Gasteiger partial charge in [0, 0.05) is 16.7 Å².